The smallest absolute Gasteiger partial charge is 0.410 e. The number of hydrogen-bond acceptors (Lipinski definition) is 4. The van der Waals surface area contributed by atoms with Gasteiger partial charge < -0.3 is 20.5 Å². The molecule has 0 aromatic carbocycles. The van der Waals surface area contributed by atoms with Gasteiger partial charge in [0.2, 0.25) is 0 Å². The molecular weight excluding hydrogens is 315 g/mol. The van der Waals surface area contributed by atoms with Crippen LogP contribution in [-0.2, 0) is 4.74 Å². The van der Waals surface area contributed by atoms with Gasteiger partial charge in [-0.05, 0) is 19.3 Å². The summed E-state index contributed by atoms with van der Waals surface area (Å²) >= 11 is 0. The van der Waals surface area contributed by atoms with Crippen molar-refractivity contribution in [3.05, 3.63) is 0 Å². The lowest BCUT2D eigenvalue weighted by molar-refractivity contribution is 0.0120. The summed E-state index contributed by atoms with van der Waals surface area (Å²) in [6.45, 7) is 2.97. The quantitative estimate of drug-likeness (QED) is 0.803. The molecule has 1 saturated carbocycles. The van der Waals surface area contributed by atoms with Gasteiger partial charge in [-0.3, -0.25) is 0 Å². The maximum Gasteiger partial charge on any atom is 0.410 e. The second kappa shape index (κ2) is 9.72. The van der Waals surface area contributed by atoms with Crippen molar-refractivity contribution in [3.8, 4) is 0 Å². The molecule has 0 aromatic rings. The van der Waals surface area contributed by atoms with Crippen molar-refractivity contribution in [1.82, 2.24) is 4.90 Å². The van der Waals surface area contributed by atoms with Crippen molar-refractivity contribution in [2.75, 3.05) is 13.1 Å². The van der Waals surface area contributed by atoms with Gasteiger partial charge in [0.25, 0.3) is 0 Å². The van der Waals surface area contributed by atoms with Crippen molar-refractivity contribution in [1.29, 1.82) is 0 Å². The number of carbonyl (C=O) groups excluding carboxylic acids is 1. The third-order valence-electron chi connectivity index (χ3n) is 4.44. The summed E-state index contributed by atoms with van der Waals surface area (Å²) in [6, 6.07) is -0.294. The minimum absolute atomic E-state index is 0. The van der Waals surface area contributed by atoms with Crippen molar-refractivity contribution in [2.24, 2.45) is 11.7 Å². The summed E-state index contributed by atoms with van der Waals surface area (Å²) in [5.41, 5.74) is 6.10. The molecule has 1 saturated heterocycles. The highest BCUT2D eigenvalue weighted by atomic mass is 35.5. The highest BCUT2D eigenvalue weighted by Crippen LogP contribution is 2.28. The lowest BCUT2D eigenvalue weighted by atomic mass is 9.83. The summed E-state index contributed by atoms with van der Waals surface area (Å²) in [6.07, 6.45) is 5.58. The first-order valence-corrected chi connectivity index (χ1v) is 7.51. The molecule has 2 rings (SSSR count). The van der Waals surface area contributed by atoms with E-state index in [-0.39, 0.29) is 36.9 Å². The molecule has 5 nitrogen and oxygen atoms in total. The molecule has 0 aromatic heterocycles. The summed E-state index contributed by atoms with van der Waals surface area (Å²) in [5.74, 6) is 0.623. The van der Waals surface area contributed by atoms with Gasteiger partial charge in [-0.2, -0.15) is 0 Å². The molecule has 3 atom stereocenters. The zero-order valence-corrected chi connectivity index (χ0v) is 14.2. The summed E-state index contributed by atoms with van der Waals surface area (Å²) < 4.78 is 5.19. The molecule has 1 aliphatic carbocycles. The van der Waals surface area contributed by atoms with E-state index in [1.54, 1.807) is 4.90 Å². The van der Waals surface area contributed by atoms with Gasteiger partial charge in [0.05, 0.1) is 6.54 Å². The fraction of sp³-hybridized carbons (Fsp3) is 0.929. The Morgan fingerprint density at radius 3 is 2.48 bits per heavy atom. The van der Waals surface area contributed by atoms with Crippen LogP contribution in [0.25, 0.3) is 0 Å². The SMILES string of the molecule is CCN1C[C@H](C(O)C(N)CC2CCCCC2)OC1=O.Cl.Cl. The Hall–Kier alpha value is -0.230. The zero-order chi connectivity index (χ0) is 13.8. The maximum atomic E-state index is 11.5. The van der Waals surface area contributed by atoms with Crippen LogP contribution in [0, 0.1) is 5.92 Å². The van der Waals surface area contributed by atoms with Gasteiger partial charge in [-0.1, -0.05) is 32.1 Å². The Morgan fingerprint density at radius 1 is 1.33 bits per heavy atom. The number of nitrogens with zero attached hydrogens (tertiary/aromatic N) is 1. The number of cyclic esters (lactones) is 1. The lowest BCUT2D eigenvalue weighted by Crippen LogP contribution is -2.45. The highest BCUT2D eigenvalue weighted by Gasteiger charge is 2.38. The van der Waals surface area contributed by atoms with E-state index < -0.39 is 12.2 Å². The Labute approximate surface area is 139 Å². The number of halogens is 2. The fourth-order valence-electron chi connectivity index (χ4n) is 3.19. The van der Waals surface area contributed by atoms with Crippen LogP contribution in [-0.4, -0.2) is 47.4 Å². The second-order valence-electron chi connectivity index (χ2n) is 5.86. The summed E-state index contributed by atoms with van der Waals surface area (Å²) in [4.78, 5) is 13.1. The van der Waals surface area contributed by atoms with E-state index in [4.69, 9.17) is 10.5 Å². The molecule has 3 N–H and O–H groups in total. The van der Waals surface area contributed by atoms with Gasteiger partial charge in [-0.25, -0.2) is 4.79 Å². The average molecular weight is 343 g/mol. The zero-order valence-electron chi connectivity index (χ0n) is 12.6. The number of nitrogens with two attached hydrogens (primary N) is 1. The monoisotopic (exact) mass is 342 g/mol. The van der Waals surface area contributed by atoms with Crippen molar-refractivity contribution >= 4 is 30.9 Å². The number of ether oxygens (including phenoxy) is 1. The van der Waals surface area contributed by atoms with Gasteiger partial charge in [0, 0.05) is 12.6 Å². The van der Waals surface area contributed by atoms with Gasteiger partial charge in [0.15, 0.2) is 0 Å². The fourth-order valence-corrected chi connectivity index (χ4v) is 3.19. The predicted octanol–water partition coefficient (Wildman–Crippen LogP) is 2.33. The molecule has 21 heavy (non-hydrogen) atoms. The molecule has 2 fully saturated rings. The summed E-state index contributed by atoms with van der Waals surface area (Å²) in [5, 5.41) is 10.3. The van der Waals surface area contributed by atoms with Crippen LogP contribution < -0.4 is 5.73 Å². The van der Waals surface area contributed by atoms with E-state index in [9.17, 15) is 9.90 Å². The molecular formula is C14H28Cl2N2O3. The van der Waals surface area contributed by atoms with E-state index >= 15 is 0 Å². The van der Waals surface area contributed by atoms with Crippen LogP contribution >= 0.6 is 24.8 Å². The van der Waals surface area contributed by atoms with Crippen LogP contribution in [0.5, 0.6) is 0 Å². The molecule has 1 heterocycles. The molecule has 1 aliphatic heterocycles. The number of hydrogen-bond donors (Lipinski definition) is 2. The van der Waals surface area contributed by atoms with Gasteiger partial charge in [-0.15, -0.1) is 24.8 Å². The first-order chi connectivity index (χ1) is 9.11. The molecule has 0 spiro atoms. The average Bonchev–Trinajstić information content (AvgIpc) is 2.80. The molecule has 0 radical (unpaired) electrons. The molecule has 2 unspecified atom stereocenters. The lowest BCUT2D eigenvalue weighted by Gasteiger charge is -2.28. The molecule has 1 amide bonds. The third-order valence-corrected chi connectivity index (χ3v) is 4.44. The number of aliphatic hydroxyl groups excluding tert-OH is 1. The van der Waals surface area contributed by atoms with E-state index in [0.717, 1.165) is 6.42 Å². The molecule has 126 valence electrons. The van der Waals surface area contributed by atoms with E-state index in [1.807, 2.05) is 6.92 Å². The van der Waals surface area contributed by atoms with Crippen LogP contribution in [0.15, 0.2) is 0 Å². The number of likely N-dealkylation sites (N-methyl/N-ethyl adjacent to an activating group) is 1. The van der Waals surface area contributed by atoms with Crippen LogP contribution in [0.3, 0.4) is 0 Å². The van der Waals surface area contributed by atoms with Crippen LogP contribution in [0.2, 0.25) is 0 Å². The van der Waals surface area contributed by atoms with Crippen molar-refractivity contribution < 1.29 is 14.6 Å². The van der Waals surface area contributed by atoms with Crippen LogP contribution in [0.1, 0.15) is 45.4 Å². The Bertz CT molecular complexity index is 315. The standard InChI is InChI=1S/C14H26N2O3.2ClH/c1-2-16-9-12(19-14(16)18)13(17)11(15)8-10-6-4-3-5-7-10;;/h10-13,17H,2-9,15H2,1H3;2*1H/t11?,12-,13?;;/m1../s1. The first kappa shape index (κ1) is 20.8. The van der Waals surface area contributed by atoms with Gasteiger partial charge in [0.1, 0.15) is 12.2 Å². The minimum Gasteiger partial charge on any atom is -0.441 e. The number of carbonyl (C=O) groups is 1. The van der Waals surface area contributed by atoms with Crippen LogP contribution in [0.4, 0.5) is 4.79 Å². The Morgan fingerprint density at radius 2 is 1.95 bits per heavy atom. The van der Waals surface area contributed by atoms with Crippen molar-refractivity contribution in [3.63, 3.8) is 0 Å². The Kier molecular flexibility index (Phi) is 9.61. The second-order valence-corrected chi connectivity index (χ2v) is 5.86. The third kappa shape index (κ3) is 5.47. The van der Waals surface area contributed by atoms with E-state index in [2.05, 4.69) is 0 Å². The topological polar surface area (TPSA) is 75.8 Å². The molecule has 7 heteroatoms. The Balaban J connectivity index is 0.00000200. The summed E-state index contributed by atoms with van der Waals surface area (Å²) in [7, 11) is 0. The van der Waals surface area contributed by atoms with E-state index in [1.165, 1.54) is 32.1 Å². The number of rotatable bonds is 5. The maximum absolute atomic E-state index is 11.5. The first-order valence-electron chi connectivity index (χ1n) is 7.51. The largest absolute Gasteiger partial charge is 0.441 e. The predicted molar refractivity (Wildman–Crippen MR) is 87.2 cm³/mol. The highest BCUT2D eigenvalue weighted by molar-refractivity contribution is 5.85. The number of aliphatic hydroxyl groups is 1. The molecule has 0 bridgehead atoms. The number of amides is 1. The van der Waals surface area contributed by atoms with E-state index in [0.29, 0.717) is 19.0 Å². The molecule has 2 aliphatic rings. The minimum atomic E-state index is -0.748. The van der Waals surface area contributed by atoms with Gasteiger partial charge >= 0.3 is 6.09 Å². The van der Waals surface area contributed by atoms with Crippen molar-refractivity contribution in [2.45, 2.75) is 63.7 Å². The normalized spacial score (nSPS) is 25.6.